The highest BCUT2D eigenvalue weighted by molar-refractivity contribution is 7.10. The Hall–Kier alpha value is -2.42. The average molecular weight is 418 g/mol. The van der Waals surface area contributed by atoms with Crippen LogP contribution in [0.25, 0.3) is 0 Å². The van der Waals surface area contributed by atoms with E-state index < -0.39 is 11.8 Å². The van der Waals surface area contributed by atoms with Crippen LogP contribution in [0.15, 0.2) is 41.8 Å². The molecule has 0 unspecified atom stereocenters. The Kier molecular flexibility index (Phi) is 7.62. The Balaban J connectivity index is 1.57. The van der Waals surface area contributed by atoms with Crippen molar-refractivity contribution >= 4 is 23.2 Å². The molecule has 1 aliphatic heterocycles. The Morgan fingerprint density at radius 2 is 1.90 bits per heavy atom. The first kappa shape index (κ1) is 21.3. The molecule has 0 radical (unpaired) electrons. The Morgan fingerprint density at radius 3 is 2.52 bits per heavy atom. The van der Waals surface area contributed by atoms with Gasteiger partial charge in [0.1, 0.15) is 5.75 Å². The molecule has 156 valence electrons. The van der Waals surface area contributed by atoms with Gasteiger partial charge in [0.2, 0.25) is 0 Å². The highest BCUT2D eigenvalue weighted by atomic mass is 32.1. The van der Waals surface area contributed by atoms with Gasteiger partial charge in [-0.2, -0.15) is 0 Å². The smallest absolute Gasteiger partial charge is 0.309 e. The summed E-state index contributed by atoms with van der Waals surface area (Å²) in [6.07, 6.45) is 0. The van der Waals surface area contributed by atoms with Crippen molar-refractivity contribution in [3.05, 3.63) is 52.2 Å². The predicted molar refractivity (Wildman–Crippen MR) is 112 cm³/mol. The van der Waals surface area contributed by atoms with Crippen LogP contribution in [0.2, 0.25) is 0 Å². The number of hydrogen-bond donors (Lipinski definition) is 2. The van der Waals surface area contributed by atoms with Gasteiger partial charge in [0.15, 0.2) is 0 Å². The van der Waals surface area contributed by atoms with Crippen LogP contribution in [0.3, 0.4) is 0 Å². The topological polar surface area (TPSA) is 79.9 Å². The largest absolute Gasteiger partial charge is 0.497 e. The molecule has 1 aromatic carbocycles. The molecule has 2 aromatic rings. The fraction of sp³-hybridized carbons (Fsp3) is 0.429. The minimum absolute atomic E-state index is 0.0113. The number of thiophene rings is 1. The molecule has 2 atom stereocenters. The van der Waals surface area contributed by atoms with E-state index in [1.807, 2.05) is 42.6 Å². The van der Waals surface area contributed by atoms with Crippen molar-refractivity contribution in [2.45, 2.75) is 25.6 Å². The number of nitrogens with one attached hydrogen (secondary N) is 2. The highest BCUT2D eigenvalue weighted by Crippen LogP contribution is 2.29. The van der Waals surface area contributed by atoms with E-state index in [2.05, 4.69) is 21.6 Å². The predicted octanol–water partition coefficient (Wildman–Crippen LogP) is 1.95. The molecule has 1 fully saturated rings. The molecule has 3 rings (SSSR count). The van der Waals surface area contributed by atoms with Gasteiger partial charge >= 0.3 is 11.8 Å². The van der Waals surface area contributed by atoms with Crippen molar-refractivity contribution in [1.29, 1.82) is 0 Å². The lowest BCUT2D eigenvalue weighted by Gasteiger charge is -2.37. The summed E-state index contributed by atoms with van der Waals surface area (Å²) in [5.74, 6) is -0.519. The number of carbonyl (C=O) groups is 2. The number of methoxy groups -OCH3 is 1. The first-order chi connectivity index (χ1) is 14.1. The first-order valence-electron chi connectivity index (χ1n) is 9.65. The van der Waals surface area contributed by atoms with Gasteiger partial charge in [-0.05, 0) is 36.1 Å². The minimum Gasteiger partial charge on any atom is -0.497 e. The van der Waals surface area contributed by atoms with Gasteiger partial charge < -0.3 is 20.1 Å². The summed E-state index contributed by atoms with van der Waals surface area (Å²) >= 11 is 1.65. The second kappa shape index (κ2) is 10.4. The highest BCUT2D eigenvalue weighted by Gasteiger charge is 2.30. The van der Waals surface area contributed by atoms with Crippen molar-refractivity contribution in [3.8, 4) is 5.75 Å². The SMILES string of the molecule is COc1ccc(CNC(=O)C(=O)N[C@H](C)[C@@H](c2cccs2)N2CCOCC2)cc1. The quantitative estimate of drug-likeness (QED) is 0.673. The lowest BCUT2D eigenvalue weighted by molar-refractivity contribution is -0.140. The van der Waals surface area contributed by atoms with Crippen molar-refractivity contribution < 1.29 is 19.1 Å². The number of nitrogens with zero attached hydrogens (tertiary/aromatic N) is 1. The van der Waals surface area contributed by atoms with Crippen LogP contribution in [-0.2, 0) is 20.9 Å². The molecule has 0 bridgehead atoms. The van der Waals surface area contributed by atoms with E-state index in [4.69, 9.17) is 9.47 Å². The molecule has 2 N–H and O–H groups in total. The molecule has 0 aliphatic carbocycles. The molecule has 29 heavy (non-hydrogen) atoms. The molecular formula is C21H27N3O4S. The van der Waals surface area contributed by atoms with Crippen molar-refractivity contribution in [3.63, 3.8) is 0 Å². The van der Waals surface area contributed by atoms with E-state index in [1.54, 1.807) is 18.4 Å². The first-order valence-corrected chi connectivity index (χ1v) is 10.5. The maximum Gasteiger partial charge on any atom is 0.309 e. The molecule has 1 aromatic heterocycles. The van der Waals surface area contributed by atoms with Crippen molar-refractivity contribution in [2.24, 2.45) is 0 Å². The summed E-state index contributed by atoms with van der Waals surface area (Å²) in [4.78, 5) is 28.2. The Labute approximate surface area is 175 Å². The number of hydrogen-bond acceptors (Lipinski definition) is 6. The van der Waals surface area contributed by atoms with Crippen LogP contribution in [0, 0.1) is 0 Å². The summed E-state index contributed by atoms with van der Waals surface area (Å²) in [5.41, 5.74) is 0.893. The van der Waals surface area contributed by atoms with Gasteiger partial charge in [-0.3, -0.25) is 14.5 Å². The summed E-state index contributed by atoms with van der Waals surface area (Å²) in [7, 11) is 1.60. The van der Waals surface area contributed by atoms with E-state index in [-0.39, 0.29) is 18.6 Å². The Morgan fingerprint density at radius 1 is 1.17 bits per heavy atom. The Bertz CT molecular complexity index is 789. The maximum absolute atomic E-state index is 12.4. The number of ether oxygens (including phenoxy) is 2. The van der Waals surface area contributed by atoms with E-state index in [9.17, 15) is 9.59 Å². The van der Waals surface area contributed by atoms with E-state index in [0.717, 1.165) is 24.4 Å². The fourth-order valence-corrected chi connectivity index (χ4v) is 4.38. The van der Waals surface area contributed by atoms with Crippen LogP contribution in [0.1, 0.15) is 23.4 Å². The van der Waals surface area contributed by atoms with E-state index in [0.29, 0.717) is 13.2 Å². The summed E-state index contributed by atoms with van der Waals surface area (Å²) in [6.45, 7) is 5.16. The van der Waals surface area contributed by atoms with Crippen LogP contribution < -0.4 is 15.4 Å². The monoisotopic (exact) mass is 417 g/mol. The lowest BCUT2D eigenvalue weighted by Crippen LogP contribution is -2.51. The lowest BCUT2D eigenvalue weighted by atomic mass is 10.1. The summed E-state index contributed by atoms with van der Waals surface area (Å²) in [5, 5.41) is 7.57. The van der Waals surface area contributed by atoms with Crippen molar-refractivity contribution in [1.82, 2.24) is 15.5 Å². The minimum atomic E-state index is -0.639. The van der Waals surface area contributed by atoms with Gasteiger partial charge in [0.25, 0.3) is 0 Å². The van der Waals surface area contributed by atoms with Crippen LogP contribution in [0.4, 0.5) is 0 Å². The zero-order valence-electron chi connectivity index (χ0n) is 16.7. The third-order valence-corrected chi connectivity index (χ3v) is 5.87. The molecular weight excluding hydrogens is 390 g/mol. The third-order valence-electron chi connectivity index (χ3n) is 4.92. The summed E-state index contributed by atoms with van der Waals surface area (Å²) in [6, 6.07) is 11.2. The number of morpholine rings is 1. The second-order valence-corrected chi connectivity index (χ2v) is 7.88. The zero-order chi connectivity index (χ0) is 20.6. The van der Waals surface area contributed by atoms with E-state index >= 15 is 0 Å². The van der Waals surface area contributed by atoms with Gasteiger partial charge in [-0.15, -0.1) is 11.3 Å². The maximum atomic E-state index is 12.4. The molecule has 7 nitrogen and oxygen atoms in total. The fourth-order valence-electron chi connectivity index (χ4n) is 3.42. The molecule has 0 saturated carbocycles. The second-order valence-electron chi connectivity index (χ2n) is 6.90. The number of carbonyl (C=O) groups excluding carboxylic acids is 2. The standard InChI is InChI=1S/C21H27N3O4S/c1-15(19(18-4-3-13-29-18)24-9-11-28-12-10-24)23-21(26)20(25)22-14-16-5-7-17(27-2)8-6-16/h3-8,13,15,19H,9-12,14H2,1-2H3,(H,22,25)(H,23,26)/t15-,19+/m1/s1. The molecule has 2 heterocycles. The average Bonchev–Trinajstić information content (AvgIpc) is 3.27. The molecule has 1 saturated heterocycles. The van der Waals surface area contributed by atoms with Gasteiger partial charge in [-0.1, -0.05) is 18.2 Å². The van der Waals surface area contributed by atoms with Gasteiger partial charge in [0, 0.05) is 30.6 Å². The third kappa shape index (κ3) is 5.79. The molecule has 0 spiro atoms. The van der Waals surface area contributed by atoms with Crippen molar-refractivity contribution in [2.75, 3.05) is 33.4 Å². The number of benzene rings is 1. The van der Waals surface area contributed by atoms with Crippen LogP contribution in [-0.4, -0.2) is 56.2 Å². The van der Waals surface area contributed by atoms with Crippen LogP contribution >= 0.6 is 11.3 Å². The zero-order valence-corrected chi connectivity index (χ0v) is 17.5. The van der Waals surface area contributed by atoms with Crippen LogP contribution in [0.5, 0.6) is 5.75 Å². The summed E-state index contributed by atoms with van der Waals surface area (Å²) < 4.78 is 10.6. The molecule has 2 amide bonds. The van der Waals surface area contributed by atoms with Gasteiger partial charge in [0.05, 0.1) is 26.4 Å². The van der Waals surface area contributed by atoms with E-state index in [1.165, 1.54) is 4.88 Å². The molecule has 8 heteroatoms. The number of amides is 2. The molecule has 1 aliphatic rings. The number of rotatable bonds is 7. The van der Waals surface area contributed by atoms with Gasteiger partial charge in [-0.25, -0.2) is 0 Å². The normalized spacial score (nSPS) is 16.6.